The number of anilines is 1. The van der Waals surface area contributed by atoms with E-state index in [4.69, 9.17) is 4.74 Å². The van der Waals surface area contributed by atoms with Crippen LogP contribution in [0.1, 0.15) is 35.3 Å². The molecule has 276 valence electrons. The summed E-state index contributed by atoms with van der Waals surface area (Å²) in [6.07, 6.45) is 3.33. The monoisotopic (exact) mass is 754 g/mol. The van der Waals surface area contributed by atoms with Gasteiger partial charge in [-0.2, -0.15) is 4.39 Å². The van der Waals surface area contributed by atoms with Gasteiger partial charge in [0.25, 0.3) is 15.9 Å². The number of carboxylic acid groups (broad SMARTS) is 1. The Morgan fingerprint density at radius 1 is 0.833 bits per heavy atom. The van der Waals surface area contributed by atoms with Gasteiger partial charge in [-0.05, 0) is 78.1 Å². The number of carboxylic acids is 1. The van der Waals surface area contributed by atoms with Gasteiger partial charge in [0.2, 0.25) is 5.95 Å². The fourth-order valence-corrected chi connectivity index (χ4v) is 7.23. The van der Waals surface area contributed by atoms with Crippen molar-refractivity contribution in [1.29, 1.82) is 0 Å². The maximum absolute atomic E-state index is 15.3. The SMILES string of the molecule is CCOc1cccc(CC)c1-c1ccc(CC(NC(=O)c2c(F)cc(NS(=O)(=O)c3ccc(-c4ccnc(F)c4)cc3)cc2F)C(=O)O)c2cccnc12. The number of amides is 1. The first kappa shape index (κ1) is 37.5. The summed E-state index contributed by atoms with van der Waals surface area (Å²) >= 11 is 0. The van der Waals surface area contributed by atoms with Crippen molar-refractivity contribution in [3.8, 4) is 28.0 Å². The van der Waals surface area contributed by atoms with Gasteiger partial charge in [0.15, 0.2) is 0 Å². The normalized spacial score (nSPS) is 11.9. The highest BCUT2D eigenvalue weighted by Gasteiger charge is 2.28. The van der Waals surface area contributed by atoms with Crippen LogP contribution in [0.15, 0.2) is 108 Å². The van der Waals surface area contributed by atoms with Crippen LogP contribution in [0.3, 0.4) is 0 Å². The number of nitrogens with zero attached hydrogens (tertiary/aromatic N) is 2. The molecule has 2 aromatic heterocycles. The van der Waals surface area contributed by atoms with E-state index in [1.54, 1.807) is 30.5 Å². The number of benzene rings is 4. The number of hydrogen-bond donors (Lipinski definition) is 3. The molecule has 6 rings (SSSR count). The van der Waals surface area contributed by atoms with Crippen molar-refractivity contribution < 1.29 is 41.0 Å². The van der Waals surface area contributed by atoms with Crippen LogP contribution in [0.4, 0.5) is 18.9 Å². The standard InChI is InChI=1S/C40H33F3N4O6S/c1-3-23-7-5-9-34(53-4-2)36(23)30-15-12-26(29-8-6-17-45-38(29)30)19-33(40(49)50)46-39(48)37-31(41)21-27(22-32(37)42)47-54(51,52)28-13-10-24(11-14-28)25-16-18-44-35(43)20-25/h5-18,20-22,33,47H,3-4,19H2,1-2H3,(H,46,48)(H,49,50). The third-order valence-corrected chi connectivity index (χ3v) is 10.1. The van der Waals surface area contributed by atoms with E-state index in [-0.39, 0.29) is 11.3 Å². The Balaban J connectivity index is 1.22. The number of sulfonamides is 1. The molecule has 10 nitrogen and oxygen atoms in total. The quantitative estimate of drug-likeness (QED) is 0.102. The second kappa shape index (κ2) is 15.8. The third kappa shape index (κ3) is 7.88. The molecule has 1 atom stereocenters. The molecule has 0 bridgehead atoms. The second-order valence-corrected chi connectivity index (χ2v) is 13.8. The zero-order valence-corrected chi connectivity index (χ0v) is 29.8. The summed E-state index contributed by atoms with van der Waals surface area (Å²) in [7, 11) is -4.36. The molecule has 2 heterocycles. The largest absolute Gasteiger partial charge is 0.493 e. The molecule has 0 aliphatic rings. The van der Waals surface area contributed by atoms with E-state index in [2.05, 4.69) is 20.0 Å². The van der Waals surface area contributed by atoms with Crippen LogP contribution in [0.2, 0.25) is 0 Å². The Hall–Kier alpha value is -6.28. The summed E-state index contributed by atoms with van der Waals surface area (Å²) in [5.74, 6) is -5.71. The Bertz CT molecular complexity index is 2470. The van der Waals surface area contributed by atoms with Gasteiger partial charge in [0.1, 0.15) is 29.0 Å². The molecule has 54 heavy (non-hydrogen) atoms. The van der Waals surface area contributed by atoms with Gasteiger partial charge >= 0.3 is 5.97 Å². The van der Waals surface area contributed by atoms with Gasteiger partial charge in [-0.1, -0.05) is 49.4 Å². The fraction of sp³-hybridized carbons (Fsp3) is 0.150. The van der Waals surface area contributed by atoms with Crippen LogP contribution >= 0.6 is 0 Å². The zero-order valence-electron chi connectivity index (χ0n) is 28.9. The van der Waals surface area contributed by atoms with E-state index in [0.29, 0.717) is 58.5 Å². The molecule has 1 amide bonds. The molecule has 0 saturated carbocycles. The molecule has 3 N–H and O–H groups in total. The van der Waals surface area contributed by atoms with Gasteiger partial charge < -0.3 is 15.2 Å². The van der Waals surface area contributed by atoms with Crippen LogP contribution < -0.4 is 14.8 Å². The van der Waals surface area contributed by atoms with Crippen LogP contribution in [0.25, 0.3) is 33.2 Å². The van der Waals surface area contributed by atoms with Crippen molar-refractivity contribution in [2.75, 3.05) is 11.3 Å². The van der Waals surface area contributed by atoms with E-state index < -0.39 is 56.8 Å². The lowest BCUT2D eigenvalue weighted by atomic mass is 9.91. The van der Waals surface area contributed by atoms with Gasteiger partial charge in [0, 0.05) is 41.4 Å². The summed E-state index contributed by atoms with van der Waals surface area (Å²) in [6.45, 7) is 4.34. The molecule has 0 aliphatic carbocycles. The molecule has 0 fully saturated rings. The van der Waals surface area contributed by atoms with Gasteiger partial charge in [-0.15, -0.1) is 0 Å². The average Bonchev–Trinajstić information content (AvgIpc) is 3.14. The Kier molecular flexibility index (Phi) is 10.9. The minimum absolute atomic E-state index is 0.257. The van der Waals surface area contributed by atoms with Crippen molar-refractivity contribution in [2.45, 2.75) is 37.6 Å². The Labute approximate surface area is 308 Å². The minimum atomic E-state index is -4.36. The van der Waals surface area contributed by atoms with E-state index in [1.165, 1.54) is 42.6 Å². The molecule has 0 saturated heterocycles. The number of ether oxygens (including phenoxy) is 1. The molecular weight excluding hydrogens is 722 g/mol. The molecule has 0 radical (unpaired) electrons. The first-order valence-electron chi connectivity index (χ1n) is 16.8. The number of hydrogen-bond acceptors (Lipinski definition) is 7. The Morgan fingerprint density at radius 2 is 1.57 bits per heavy atom. The van der Waals surface area contributed by atoms with Crippen molar-refractivity contribution >= 4 is 38.5 Å². The molecule has 6 aromatic rings. The van der Waals surface area contributed by atoms with Crippen LogP contribution in [-0.2, 0) is 27.7 Å². The lowest BCUT2D eigenvalue weighted by molar-refractivity contribution is -0.139. The topological polar surface area (TPSA) is 148 Å². The molecule has 1 unspecified atom stereocenters. The lowest BCUT2D eigenvalue weighted by Crippen LogP contribution is -2.43. The first-order chi connectivity index (χ1) is 25.9. The molecule has 4 aromatic carbocycles. The average molecular weight is 755 g/mol. The summed E-state index contributed by atoms with van der Waals surface area (Å²) in [5, 5.41) is 12.9. The predicted octanol–water partition coefficient (Wildman–Crippen LogP) is 7.57. The zero-order chi connectivity index (χ0) is 38.6. The molecular formula is C40H33F3N4O6S. The number of carbonyl (C=O) groups excluding carboxylic acids is 1. The number of aromatic nitrogens is 2. The fourth-order valence-electron chi connectivity index (χ4n) is 6.19. The van der Waals surface area contributed by atoms with Gasteiger partial charge in [-0.3, -0.25) is 14.5 Å². The smallest absolute Gasteiger partial charge is 0.326 e. The number of aryl methyl sites for hydroxylation is 1. The first-order valence-corrected chi connectivity index (χ1v) is 18.3. The van der Waals surface area contributed by atoms with Gasteiger partial charge in [-0.25, -0.2) is 27.0 Å². The molecule has 0 spiro atoms. The summed E-state index contributed by atoms with van der Waals surface area (Å²) < 4.78 is 78.2. The van der Waals surface area contributed by atoms with Crippen molar-refractivity contribution in [2.24, 2.45) is 0 Å². The highest BCUT2D eigenvalue weighted by Crippen LogP contribution is 2.38. The van der Waals surface area contributed by atoms with Crippen LogP contribution in [-0.4, -0.2) is 48.0 Å². The van der Waals surface area contributed by atoms with Crippen LogP contribution in [0.5, 0.6) is 5.75 Å². The van der Waals surface area contributed by atoms with E-state index in [9.17, 15) is 27.5 Å². The number of pyridine rings is 2. The summed E-state index contributed by atoms with van der Waals surface area (Å²) in [4.78, 5) is 33.4. The van der Waals surface area contributed by atoms with Crippen molar-refractivity contribution in [3.05, 3.63) is 138 Å². The van der Waals surface area contributed by atoms with Crippen molar-refractivity contribution in [3.63, 3.8) is 0 Å². The maximum atomic E-state index is 15.3. The number of fused-ring (bicyclic) bond motifs is 1. The van der Waals surface area contributed by atoms with E-state index in [1.807, 2.05) is 32.0 Å². The molecule has 0 aliphatic heterocycles. The van der Waals surface area contributed by atoms with Crippen molar-refractivity contribution in [1.82, 2.24) is 15.3 Å². The lowest BCUT2D eigenvalue weighted by Gasteiger charge is -2.19. The summed E-state index contributed by atoms with van der Waals surface area (Å²) in [5.41, 5.74) is 3.06. The Morgan fingerprint density at radius 3 is 2.24 bits per heavy atom. The molecule has 14 heteroatoms. The second-order valence-electron chi connectivity index (χ2n) is 12.1. The summed E-state index contributed by atoms with van der Waals surface area (Å²) in [6, 6.07) is 20.4. The number of carbonyl (C=O) groups is 2. The number of nitrogens with one attached hydrogen (secondary N) is 2. The third-order valence-electron chi connectivity index (χ3n) is 8.70. The predicted molar refractivity (Wildman–Crippen MR) is 197 cm³/mol. The maximum Gasteiger partial charge on any atom is 0.326 e. The highest BCUT2D eigenvalue weighted by molar-refractivity contribution is 7.92. The number of rotatable bonds is 13. The minimum Gasteiger partial charge on any atom is -0.493 e. The number of aliphatic carboxylic acids is 1. The number of halogens is 3. The van der Waals surface area contributed by atoms with E-state index >= 15 is 8.78 Å². The van der Waals surface area contributed by atoms with Crippen LogP contribution in [0, 0.1) is 17.6 Å². The van der Waals surface area contributed by atoms with E-state index in [0.717, 1.165) is 16.7 Å². The van der Waals surface area contributed by atoms with Gasteiger partial charge in [0.05, 0.1) is 22.7 Å². The highest BCUT2D eigenvalue weighted by atomic mass is 32.2.